The molecule has 0 N–H and O–H groups in total. The molecular formula is C20H22. The van der Waals surface area contributed by atoms with Gasteiger partial charge in [-0.15, -0.1) is 0 Å². The van der Waals surface area contributed by atoms with Gasteiger partial charge >= 0.3 is 0 Å². The Balaban J connectivity index is 1.89. The van der Waals surface area contributed by atoms with Crippen LogP contribution in [0.1, 0.15) is 36.5 Å². The van der Waals surface area contributed by atoms with Crippen molar-refractivity contribution in [2.75, 3.05) is 0 Å². The van der Waals surface area contributed by atoms with E-state index >= 15 is 0 Å². The van der Waals surface area contributed by atoms with Crippen LogP contribution in [0.15, 0.2) is 66.7 Å². The summed E-state index contributed by atoms with van der Waals surface area (Å²) in [6, 6.07) is 19.2. The lowest BCUT2D eigenvalue weighted by molar-refractivity contribution is 0.795. The molecule has 0 bridgehead atoms. The zero-order valence-corrected chi connectivity index (χ0v) is 12.1. The van der Waals surface area contributed by atoms with E-state index in [0.717, 1.165) is 0 Å². The molecule has 0 heterocycles. The lowest BCUT2D eigenvalue weighted by atomic mass is 10.1. The largest absolute Gasteiger partial charge is 0.0654 e. The van der Waals surface area contributed by atoms with Gasteiger partial charge in [0, 0.05) is 0 Å². The van der Waals surface area contributed by atoms with Crippen molar-refractivity contribution in [3.63, 3.8) is 0 Å². The van der Waals surface area contributed by atoms with Crippen LogP contribution in [-0.4, -0.2) is 0 Å². The van der Waals surface area contributed by atoms with Gasteiger partial charge in [-0.2, -0.15) is 0 Å². The molecule has 0 radical (unpaired) electrons. The molecule has 0 fully saturated rings. The molecule has 2 aromatic carbocycles. The van der Waals surface area contributed by atoms with Gasteiger partial charge in [0.25, 0.3) is 0 Å². The van der Waals surface area contributed by atoms with Crippen molar-refractivity contribution in [3.05, 3.63) is 83.4 Å². The second-order valence-electron chi connectivity index (χ2n) is 4.97. The van der Waals surface area contributed by atoms with E-state index in [4.69, 9.17) is 0 Å². The van der Waals surface area contributed by atoms with Crippen LogP contribution in [0.25, 0.3) is 12.2 Å². The average Bonchev–Trinajstić information content (AvgIpc) is 2.52. The molecule has 0 unspecified atom stereocenters. The van der Waals surface area contributed by atoms with Crippen molar-refractivity contribution in [1.82, 2.24) is 0 Å². The second-order valence-corrected chi connectivity index (χ2v) is 4.97. The van der Waals surface area contributed by atoms with Crippen LogP contribution in [0.4, 0.5) is 0 Å². The van der Waals surface area contributed by atoms with E-state index in [1.165, 1.54) is 36.0 Å². The standard InChI is InChI=1S/C20H22/c1-2-3-9-19-14-16-20(17-15-19)13-8-7-12-18-10-5-4-6-11-18/h4-8,10-17H,2-3,9H2,1H3. The van der Waals surface area contributed by atoms with Crippen LogP contribution < -0.4 is 0 Å². The van der Waals surface area contributed by atoms with Crippen molar-refractivity contribution in [2.45, 2.75) is 26.2 Å². The summed E-state index contributed by atoms with van der Waals surface area (Å²) in [5, 5.41) is 0. The predicted molar refractivity (Wildman–Crippen MR) is 89.6 cm³/mol. The van der Waals surface area contributed by atoms with Gasteiger partial charge in [-0.25, -0.2) is 0 Å². The van der Waals surface area contributed by atoms with Crippen molar-refractivity contribution in [2.24, 2.45) is 0 Å². The summed E-state index contributed by atoms with van der Waals surface area (Å²) < 4.78 is 0. The summed E-state index contributed by atoms with van der Waals surface area (Å²) in [7, 11) is 0. The minimum Gasteiger partial charge on any atom is -0.0654 e. The summed E-state index contributed by atoms with van der Waals surface area (Å²) in [5.41, 5.74) is 3.92. The highest BCUT2D eigenvalue weighted by atomic mass is 14.0. The van der Waals surface area contributed by atoms with E-state index in [1.54, 1.807) is 0 Å². The summed E-state index contributed by atoms with van der Waals surface area (Å²) in [4.78, 5) is 0. The molecule has 0 heteroatoms. The summed E-state index contributed by atoms with van der Waals surface area (Å²) in [6.07, 6.45) is 12.2. The highest BCUT2D eigenvalue weighted by Gasteiger charge is 1.91. The lowest BCUT2D eigenvalue weighted by Crippen LogP contribution is -1.83. The molecule has 0 amide bonds. The highest BCUT2D eigenvalue weighted by molar-refractivity contribution is 5.57. The average molecular weight is 262 g/mol. The van der Waals surface area contributed by atoms with Crippen molar-refractivity contribution < 1.29 is 0 Å². The SMILES string of the molecule is CCCCc1ccc(C=CC=Cc2ccccc2)cc1. The molecule has 0 aromatic heterocycles. The zero-order valence-electron chi connectivity index (χ0n) is 12.1. The zero-order chi connectivity index (χ0) is 14.0. The second kappa shape index (κ2) is 8.16. The van der Waals surface area contributed by atoms with Gasteiger partial charge in [0.1, 0.15) is 0 Å². The van der Waals surface area contributed by atoms with Crippen LogP contribution in [0.3, 0.4) is 0 Å². The molecule has 20 heavy (non-hydrogen) atoms. The van der Waals surface area contributed by atoms with Gasteiger partial charge in [0.2, 0.25) is 0 Å². The smallest absolute Gasteiger partial charge is 0.0256 e. The Morgan fingerprint density at radius 2 is 1.35 bits per heavy atom. The lowest BCUT2D eigenvalue weighted by Gasteiger charge is -2.00. The van der Waals surface area contributed by atoms with Crippen molar-refractivity contribution >= 4 is 12.2 Å². The Hall–Kier alpha value is -2.08. The Morgan fingerprint density at radius 3 is 1.95 bits per heavy atom. The maximum absolute atomic E-state index is 2.23. The number of rotatable bonds is 6. The molecule has 0 saturated carbocycles. The molecule has 0 aliphatic rings. The number of aryl methyl sites for hydroxylation is 1. The monoisotopic (exact) mass is 262 g/mol. The quantitative estimate of drug-likeness (QED) is 0.581. The van der Waals surface area contributed by atoms with Gasteiger partial charge in [0.05, 0.1) is 0 Å². The third-order valence-corrected chi connectivity index (χ3v) is 3.29. The van der Waals surface area contributed by atoms with Crippen molar-refractivity contribution in [3.8, 4) is 0 Å². The number of benzene rings is 2. The van der Waals surface area contributed by atoms with Gasteiger partial charge < -0.3 is 0 Å². The molecule has 2 rings (SSSR count). The third-order valence-electron chi connectivity index (χ3n) is 3.29. The number of hydrogen-bond acceptors (Lipinski definition) is 0. The summed E-state index contributed by atoms with van der Waals surface area (Å²) >= 11 is 0. The topological polar surface area (TPSA) is 0 Å². The first-order chi connectivity index (χ1) is 9.88. The minimum absolute atomic E-state index is 1.19. The first kappa shape index (κ1) is 14.3. The molecule has 0 saturated heterocycles. The van der Waals surface area contributed by atoms with Gasteiger partial charge in [-0.05, 0) is 29.5 Å². The van der Waals surface area contributed by atoms with Crippen LogP contribution >= 0.6 is 0 Å². The van der Waals surface area contributed by atoms with E-state index in [9.17, 15) is 0 Å². The van der Waals surface area contributed by atoms with E-state index in [1.807, 2.05) is 6.07 Å². The van der Waals surface area contributed by atoms with Gasteiger partial charge in [-0.1, -0.05) is 92.2 Å². The Labute approximate surface area is 122 Å². The molecule has 0 nitrogen and oxygen atoms in total. The van der Waals surface area contributed by atoms with E-state index < -0.39 is 0 Å². The van der Waals surface area contributed by atoms with Crippen LogP contribution in [0.2, 0.25) is 0 Å². The molecule has 0 spiro atoms. The Kier molecular flexibility index (Phi) is 5.85. The first-order valence-electron chi connectivity index (χ1n) is 7.37. The molecule has 2 aromatic rings. The molecule has 0 aliphatic carbocycles. The number of allylic oxidation sites excluding steroid dienone is 2. The Bertz CT molecular complexity index is 544. The van der Waals surface area contributed by atoms with Crippen LogP contribution in [-0.2, 0) is 6.42 Å². The maximum atomic E-state index is 2.23. The molecular weight excluding hydrogens is 240 g/mol. The normalized spacial score (nSPS) is 11.4. The molecule has 102 valence electrons. The van der Waals surface area contributed by atoms with Gasteiger partial charge in [0.15, 0.2) is 0 Å². The van der Waals surface area contributed by atoms with E-state index in [0.29, 0.717) is 0 Å². The number of unbranched alkanes of at least 4 members (excludes halogenated alkanes) is 1. The molecule has 0 atom stereocenters. The first-order valence-corrected chi connectivity index (χ1v) is 7.37. The fraction of sp³-hybridized carbons (Fsp3) is 0.200. The third kappa shape index (κ3) is 4.89. The maximum Gasteiger partial charge on any atom is -0.0256 e. The summed E-state index contributed by atoms with van der Waals surface area (Å²) in [5.74, 6) is 0. The van der Waals surface area contributed by atoms with Crippen LogP contribution in [0, 0.1) is 0 Å². The van der Waals surface area contributed by atoms with Crippen LogP contribution in [0.5, 0.6) is 0 Å². The fourth-order valence-corrected chi connectivity index (χ4v) is 2.07. The van der Waals surface area contributed by atoms with E-state index in [-0.39, 0.29) is 0 Å². The fourth-order valence-electron chi connectivity index (χ4n) is 2.07. The van der Waals surface area contributed by atoms with Gasteiger partial charge in [-0.3, -0.25) is 0 Å². The highest BCUT2D eigenvalue weighted by Crippen LogP contribution is 2.09. The summed E-state index contributed by atoms with van der Waals surface area (Å²) in [6.45, 7) is 2.23. The van der Waals surface area contributed by atoms with Crippen molar-refractivity contribution in [1.29, 1.82) is 0 Å². The number of hydrogen-bond donors (Lipinski definition) is 0. The minimum atomic E-state index is 1.19. The molecule has 0 aliphatic heterocycles. The Morgan fingerprint density at radius 1 is 0.750 bits per heavy atom. The van der Waals surface area contributed by atoms with E-state index in [2.05, 4.69) is 79.8 Å². The predicted octanol–water partition coefficient (Wildman–Crippen LogP) is 5.76.